The summed E-state index contributed by atoms with van der Waals surface area (Å²) in [4.78, 5) is 12.1. The highest BCUT2D eigenvalue weighted by Crippen LogP contribution is 2.47. The van der Waals surface area contributed by atoms with Crippen LogP contribution in [0.5, 0.6) is 11.5 Å². The summed E-state index contributed by atoms with van der Waals surface area (Å²) in [5.74, 6) is 2.22. The largest absolute Gasteiger partial charge is 0.493 e. The van der Waals surface area contributed by atoms with E-state index in [1.165, 1.54) is 5.56 Å². The van der Waals surface area contributed by atoms with E-state index in [1.807, 2.05) is 37.3 Å². The maximum atomic E-state index is 12.1. The molecule has 2 N–H and O–H groups in total. The summed E-state index contributed by atoms with van der Waals surface area (Å²) in [6.07, 6.45) is 0. The fourth-order valence-electron chi connectivity index (χ4n) is 3.49. The minimum Gasteiger partial charge on any atom is -0.493 e. The van der Waals surface area contributed by atoms with Crippen molar-refractivity contribution in [3.8, 4) is 11.5 Å². The van der Waals surface area contributed by atoms with Crippen molar-refractivity contribution < 1.29 is 14.3 Å². The molecule has 1 aliphatic heterocycles. The number of benzene rings is 2. The molecular formula is C22H23N3O3S. The second-order valence-electron chi connectivity index (χ2n) is 6.94. The van der Waals surface area contributed by atoms with Gasteiger partial charge in [-0.3, -0.25) is 9.89 Å². The lowest BCUT2D eigenvalue weighted by Gasteiger charge is -2.21. The molecule has 0 fully saturated rings. The van der Waals surface area contributed by atoms with Gasteiger partial charge >= 0.3 is 0 Å². The van der Waals surface area contributed by atoms with E-state index in [-0.39, 0.29) is 11.2 Å². The van der Waals surface area contributed by atoms with Gasteiger partial charge in [-0.15, -0.1) is 11.8 Å². The number of nitrogens with zero attached hydrogens (tertiary/aromatic N) is 1. The van der Waals surface area contributed by atoms with Crippen LogP contribution in [-0.2, 0) is 11.4 Å². The lowest BCUT2D eigenvalue weighted by molar-refractivity contribution is -0.113. The van der Waals surface area contributed by atoms with E-state index in [0.717, 1.165) is 22.4 Å². The molecule has 0 saturated heterocycles. The van der Waals surface area contributed by atoms with E-state index in [4.69, 9.17) is 9.47 Å². The molecule has 1 amide bonds. The molecule has 150 valence electrons. The normalized spacial score (nSPS) is 16.0. The molecule has 29 heavy (non-hydrogen) atoms. The minimum absolute atomic E-state index is 0.0597. The van der Waals surface area contributed by atoms with Gasteiger partial charge in [0.2, 0.25) is 5.91 Å². The van der Waals surface area contributed by atoms with Crippen molar-refractivity contribution >= 4 is 23.5 Å². The number of nitrogens with one attached hydrogen (secondary N) is 2. The topological polar surface area (TPSA) is 76.2 Å². The number of aromatic amines is 1. The fourth-order valence-corrected chi connectivity index (χ4v) is 4.70. The second-order valence-corrected chi connectivity index (χ2v) is 8.04. The second kappa shape index (κ2) is 8.21. The Morgan fingerprint density at radius 3 is 2.79 bits per heavy atom. The van der Waals surface area contributed by atoms with Crippen molar-refractivity contribution in [3.05, 3.63) is 70.4 Å². The van der Waals surface area contributed by atoms with Crippen LogP contribution in [0.2, 0.25) is 0 Å². The minimum atomic E-state index is -0.107. The molecule has 2 aromatic carbocycles. The van der Waals surface area contributed by atoms with Crippen LogP contribution >= 0.6 is 11.8 Å². The first-order valence-electron chi connectivity index (χ1n) is 9.39. The van der Waals surface area contributed by atoms with Gasteiger partial charge in [-0.2, -0.15) is 5.10 Å². The highest BCUT2D eigenvalue weighted by atomic mass is 32.2. The Kier molecular flexibility index (Phi) is 5.49. The third-order valence-corrected chi connectivity index (χ3v) is 6.29. The van der Waals surface area contributed by atoms with E-state index in [2.05, 4.69) is 34.6 Å². The molecular weight excluding hydrogens is 386 g/mol. The molecule has 0 bridgehead atoms. The SMILES string of the molecule is COc1cccc([C@H]2SCC(=O)Nc3n[nH]c(C)c32)c1OCc1ccccc1C. The standard InChI is InChI=1S/C22H23N3O3S/c1-13-7-4-5-8-15(13)11-28-20-16(9-6-10-17(20)27-3)21-19-14(2)24-25-22(19)23-18(26)12-29-21/h4-10,21H,11-12H2,1-3H3,(H2,23,24,25,26)/t21-/m1/s1. The van der Waals surface area contributed by atoms with Gasteiger partial charge in [-0.25, -0.2) is 0 Å². The first-order chi connectivity index (χ1) is 14.1. The molecule has 0 saturated carbocycles. The lowest BCUT2D eigenvalue weighted by atomic mass is 10.0. The zero-order valence-electron chi connectivity index (χ0n) is 16.6. The van der Waals surface area contributed by atoms with Crippen LogP contribution in [0.15, 0.2) is 42.5 Å². The Morgan fingerprint density at radius 2 is 2.00 bits per heavy atom. The number of para-hydroxylation sites is 1. The van der Waals surface area contributed by atoms with Crippen LogP contribution < -0.4 is 14.8 Å². The van der Waals surface area contributed by atoms with Crippen LogP contribution in [0.3, 0.4) is 0 Å². The monoisotopic (exact) mass is 409 g/mol. The van der Waals surface area contributed by atoms with Crippen molar-refractivity contribution in [2.75, 3.05) is 18.2 Å². The summed E-state index contributed by atoms with van der Waals surface area (Å²) in [5, 5.41) is 10.0. The van der Waals surface area contributed by atoms with Crippen LogP contribution in [0.1, 0.15) is 33.2 Å². The first-order valence-corrected chi connectivity index (χ1v) is 10.4. The number of hydrogen-bond acceptors (Lipinski definition) is 5. The lowest BCUT2D eigenvalue weighted by Crippen LogP contribution is -2.12. The van der Waals surface area contributed by atoms with E-state index < -0.39 is 0 Å². The number of aromatic nitrogens is 2. The summed E-state index contributed by atoms with van der Waals surface area (Å²) in [6, 6.07) is 14.0. The molecule has 1 aromatic heterocycles. The smallest absolute Gasteiger partial charge is 0.235 e. The maximum absolute atomic E-state index is 12.1. The number of fused-ring (bicyclic) bond motifs is 1. The van der Waals surface area contributed by atoms with Gasteiger partial charge in [0.25, 0.3) is 0 Å². The van der Waals surface area contributed by atoms with Crippen LogP contribution in [0.25, 0.3) is 0 Å². The molecule has 4 rings (SSSR count). The summed E-state index contributed by atoms with van der Waals surface area (Å²) < 4.78 is 11.9. The zero-order valence-corrected chi connectivity index (χ0v) is 17.4. The first kappa shape index (κ1) is 19.4. The fraction of sp³-hybridized carbons (Fsp3) is 0.273. The number of aryl methyl sites for hydroxylation is 2. The number of ether oxygens (including phenoxy) is 2. The highest BCUT2D eigenvalue weighted by molar-refractivity contribution is 8.00. The van der Waals surface area contributed by atoms with Gasteiger partial charge < -0.3 is 14.8 Å². The Labute approximate surface area is 174 Å². The third-order valence-electron chi connectivity index (χ3n) is 5.04. The Morgan fingerprint density at radius 1 is 1.17 bits per heavy atom. The van der Waals surface area contributed by atoms with Gasteiger partial charge in [0.05, 0.1) is 18.1 Å². The van der Waals surface area contributed by atoms with Crippen LogP contribution in [-0.4, -0.2) is 29.0 Å². The summed E-state index contributed by atoms with van der Waals surface area (Å²) in [5.41, 5.74) is 5.15. The average molecular weight is 410 g/mol. The molecule has 1 atom stereocenters. The summed E-state index contributed by atoms with van der Waals surface area (Å²) in [6.45, 7) is 4.47. The van der Waals surface area contributed by atoms with Gasteiger partial charge in [-0.05, 0) is 31.0 Å². The highest BCUT2D eigenvalue weighted by Gasteiger charge is 2.31. The number of H-pyrrole nitrogens is 1. The number of methoxy groups -OCH3 is 1. The number of carbonyl (C=O) groups is 1. The van der Waals surface area contributed by atoms with Crippen molar-refractivity contribution in [1.82, 2.24) is 10.2 Å². The van der Waals surface area contributed by atoms with Crippen LogP contribution in [0.4, 0.5) is 5.82 Å². The predicted octanol–water partition coefficient (Wildman–Crippen LogP) is 4.39. The quantitative estimate of drug-likeness (QED) is 0.654. The molecule has 0 radical (unpaired) electrons. The Hall–Kier alpha value is -2.93. The molecule has 6 nitrogen and oxygen atoms in total. The third kappa shape index (κ3) is 3.82. The van der Waals surface area contributed by atoms with Gasteiger partial charge in [0.15, 0.2) is 17.3 Å². The van der Waals surface area contributed by atoms with Crippen molar-refractivity contribution in [2.45, 2.75) is 25.7 Å². The molecule has 0 aliphatic carbocycles. The number of thioether (sulfide) groups is 1. The molecule has 0 unspecified atom stereocenters. The number of amides is 1. The molecule has 2 heterocycles. The maximum Gasteiger partial charge on any atom is 0.235 e. The molecule has 3 aromatic rings. The van der Waals surface area contributed by atoms with Crippen molar-refractivity contribution in [2.24, 2.45) is 0 Å². The van der Waals surface area contributed by atoms with Gasteiger partial charge in [0.1, 0.15) is 6.61 Å². The molecule has 1 aliphatic rings. The number of hydrogen-bond donors (Lipinski definition) is 2. The summed E-state index contributed by atoms with van der Waals surface area (Å²) in [7, 11) is 1.64. The zero-order chi connectivity index (χ0) is 20.4. The van der Waals surface area contributed by atoms with E-state index in [9.17, 15) is 4.79 Å². The van der Waals surface area contributed by atoms with Crippen LogP contribution in [0, 0.1) is 13.8 Å². The Bertz CT molecular complexity index is 1050. The van der Waals surface area contributed by atoms with Gasteiger partial charge in [0, 0.05) is 16.8 Å². The number of rotatable bonds is 5. The van der Waals surface area contributed by atoms with E-state index >= 15 is 0 Å². The van der Waals surface area contributed by atoms with Crippen molar-refractivity contribution in [3.63, 3.8) is 0 Å². The predicted molar refractivity (Wildman–Crippen MR) is 115 cm³/mol. The van der Waals surface area contributed by atoms with Crippen molar-refractivity contribution in [1.29, 1.82) is 0 Å². The molecule has 7 heteroatoms. The van der Waals surface area contributed by atoms with E-state index in [1.54, 1.807) is 18.9 Å². The number of anilines is 1. The summed E-state index contributed by atoms with van der Waals surface area (Å²) >= 11 is 1.56. The molecule has 0 spiro atoms. The van der Waals surface area contributed by atoms with Gasteiger partial charge in [-0.1, -0.05) is 36.4 Å². The average Bonchev–Trinajstić information content (AvgIpc) is 2.98. The number of carbonyl (C=O) groups excluding carboxylic acids is 1. The van der Waals surface area contributed by atoms with E-state index in [0.29, 0.717) is 29.7 Å². The Balaban J connectivity index is 1.75.